The molecule has 0 aliphatic carbocycles. The fourth-order valence-electron chi connectivity index (χ4n) is 3.06. The summed E-state index contributed by atoms with van der Waals surface area (Å²) in [5.74, 6) is 1.86. The summed E-state index contributed by atoms with van der Waals surface area (Å²) in [6.07, 6.45) is 3.41. The number of hydrogen-bond acceptors (Lipinski definition) is 4. The van der Waals surface area contributed by atoms with Crippen LogP contribution in [0, 0.1) is 11.3 Å². The van der Waals surface area contributed by atoms with Crippen LogP contribution in [0.25, 0.3) is 0 Å². The average Bonchev–Trinajstić information content (AvgIpc) is 2.86. The summed E-state index contributed by atoms with van der Waals surface area (Å²) >= 11 is 0. The minimum Gasteiger partial charge on any atom is -0.494 e. The Morgan fingerprint density at radius 1 is 1.20 bits per heavy atom. The van der Waals surface area contributed by atoms with Gasteiger partial charge in [-0.3, -0.25) is 0 Å². The molecule has 4 nitrogen and oxygen atoms in total. The summed E-state index contributed by atoms with van der Waals surface area (Å²) in [6.45, 7) is 2.15. The van der Waals surface area contributed by atoms with Gasteiger partial charge in [0.15, 0.2) is 0 Å². The number of fused-ring (bicyclic) bond motifs is 1. The molecule has 1 unspecified atom stereocenters. The largest absolute Gasteiger partial charge is 0.494 e. The van der Waals surface area contributed by atoms with Gasteiger partial charge in [-0.05, 0) is 43.0 Å². The second-order valence-electron chi connectivity index (χ2n) is 6.22. The van der Waals surface area contributed by atoms with Crippen molar-refractivity contribution in [2.24, 2.45) is 0 Å². The average molecular weight is 336 g/mol. The van der Waals surface area contributed by atoms with E-state index in [0.29, 0.717) is 19.1 Å². The highest BCUT2D eigenvalue weighted by molar-refractivity contribution is 5.37. The summed E-state index contributed by atoms with van der Waals surface area (Å²) in [6, 6.07) is 18.9. The number of para-hydroxylation sites is 1. The molecular formula is C21H24N2O2. The lowest BCUT2D eigenvalue weighted by Crippen LogP contribution is -2.20. The van der Waals surface area contributed by atoms with E-state index < -0.39 is 0 Å². The van der Waals surface area contributed by atoms with Gasteiger partial charge in [0, 0.05) is 24.6 Å². The van der Waals surface area contributed by atoms with Gasteiger partial charge in [0.1, 0.15) is 11.5 Å². The second-order valence-corrected chi connectivity index (χ2v) is 6.22. The smallest absolute Gasteiger partial charge is 0.124 e. The van der Waals surface area contributed by atoms with Gasteiger partial charge in [-0.1, -0.05) is 30.3 Å². The minimum atomic E-state index is 0.305. The lowest BCUT2D eigenvalue weighted by atomic mass is 10.0. The molecule has 1 aliphatic rings. The number of benzene rings is 2. The van der Waals surface area contributed by atoms with Crippen LogP contribution in [0.2, 0.25) is 0 Å². The van der Waals surface area contributed by atoms with Crippen molar-refractivity contribution in [3.8, 4) is 17.6 Å². The summed E-state index contributed by atoms with van der Waals surface area (Å²) in [5.41, 5.74) is 2.43. The molecule has 0 saturated heterocycles. The molecule has 1 atom stereocenters. The van der Waals surface area contributed by atoms with E-state index in [0.717, 1.165) is 43.9 Å². The van der Waals surface area contributed by atoms with Crippen molar-refractivity contribution in [2.45, 2.75) is 38.3 Å². The van der Waals surface area contributed by atoms with Crippen molar-refractivity contribution in [2.75, 3.05) is 13.2 Å². The number of nitrogens with zero attached hydrogens (tertiary/aromatic N) is 1. The first-order valence-electron chi connectivity index (χ1n) is 8.90. The SMILES string of the molecule is N#CCCCOc1cccc(CNC2CCCOc3ccccc32)c1. The maximum absolute atomic E-state index is 8.57. The Morgan fingerprint density at radius 2 is 2.12 bits per heavy atom. The Kier molecular flexibility index (Phi) is 6.30. The molecule has 130 valence electrons. The molecule has 0 radical (unpaired) electrons. The number of ether oxygens (including phenoxy) is 2. The molecule has 1 aliphatic heterocycles. The molecule has 0 fully saturated rings. The van der Waals surface area contributed by atoms with Gasteiger partial charge in [-0.15, -0.1) is 0 Å². The van der Waals surface area contributed by atoms with Crippen LogP contribution in [0.4, 0.5) is 0 Å². The molecule has 2 aromatic rings. The molecule has 0 bridgehead atoms. The van der Waals surface area contributed by atoms with E-state index in [4.69, 9.17) is 14.7 Å². The molecular weight excluding hydrogens is 312 g/mol. The zero-order chi connectivity index (χ0) is 17.3. The fraction of sp³-hybridized carbons (Fsp3) is 0.381. The van der Waals surface area contributed by atoms with Crippen molar-refractivity contribution in [1.82, 2.24) is 5.32 Å². The number of hydrogen-bond donors (Lipinski definition) is 1. The van der Waals surface area contributed by atoms with E-state index in [1.807, 2.05) is 24.3 Å². The highest BCUT2D eigenvalue weighted by Crippen LogP contribution is 2.31. The highest BCUT2D eigenvalue weighted by Gasteiger charge is 2.18. The van der Waals surface area contributed by atoms with Crippen LogP contribution in [-0.2, 0) is 6.54 Å². The molecule has 3 rings (SSSR count). The Bertz CT molecular complexity index is 724. The monoisotopic (exact) mass is 336 g/mol. The summed E-state index contributed by atoms with van der Waals surface area (Å²) < 4.78 is 11.5. The topological polar surface area (TPSA) is 54.3 Å². The third kappa shape index (κ3) is 4.98. The lowest BCUT2D eigenvalue weighted by Gasteiger charge is -2.18. The summed E-state index contributed by atoms with van der Waals surface area (Å²) in [5, 5.41) is 12.2. The third-order valence-corrected chi connectivity index (χ3v) is 4.34. The van der Waals surface area contributed by atoms with Crippen molar-refractivity contribution >= 4 is 0 Å². The van der Waals surface area contributed by atoms with Crippen molar-refractivity contribution in [3.05, 3.63) is 59.7 Å². The lowest BCUT2D eigenvalue weighted by molar-refractivity contribution is 0.312. The van der Waals surface area contributed by atoms with E-state index in [2.05, 4.69) is 35.7 Å². The molecule has 25 heavy (non-hydrogen) atoms. The van der Waals surface area contributed by atoms with E-state index in [9.17, 15) is 0 Å². The summed E-state index contributed by atoms with van der Waals surface area (Å²) in [4.78, 5) is 0. The zero-order valence-corrected chi connectivity index (χ0v) is 14.4. The molecule has 1 N–H and O–H groups in total. The number of unbranched alkanes of at least 4 members (excludes halogenated alkanes) is 1. The van der Waals surface area contributed by atoms with Crippen molar-refractivity contribution < 1.29 is 9.47 Å². The number of rotatable bonds is 7. The van der Waals surface area contributed by atoms with Gasteiger partial charge in [-0.2, -0.15) is 5.26 Å². The second kappa shape index (κ2) is 9.10. The van der Waals surface area contributed by atoms with Crippen LogP contribution in [0.3, 0.4) is 0 Å². The van der Waals surface area contributed by atoms with E-state index in [1.54, 1.807) is 0 Å². The normalized spacial score (nSPS) is 16.2. The van der Waals surface area contributed by atoms with Gasteiger partial charge in [-0.25, -0.2) is 0 Å². The molecule has 2 aromatic carbocycles. The first-order chi connectivity index (χ1) is 12.4. The van der Waals surface area contributed by atoms with Gasteiger partial charge >= 0.3 is 0 Å². The predicted octanol–water partition coefficient (Wildman–Crippen LogP) is 4.37. The molecule has 0 aromatic heterocycles. The summed E-state index contributed by atoms with van der Waals surface area (Å²) in [7, 11) is 0. The molecule has 0 amide bonds. The van der Waals surface area contributed by atoms with Crippen LogP contribution < -0.4 is 14.8 Å². The maximum Gasteiger partial charge on any atom is 0.124 e. The van der Waals surface area contributed by atoms with Crippen LogP contribution in [0.5, 0.6) is 11.5 Å². The highest BCUT2D eigenvalue weighted by atomic mass is 16.5. The van der Waals surface area contributed by atoms with Gasteiger partial charge < -0.3 is 14.8 Å². The molecule has 4 heteroatoms. The van der Waals surface area contributed by atoms with Crippen molar-refractivity contribution in [3.63, 3.8) is 0 Å². The Morgan fingerprint density at radius 3 is 3.04 bits per heavy atom. The molecule has 1 heterocycles. The van der Waals surface area contributed by atoms with Crippen molar-refractivity contribution in [1.29, 1.82) is 5.26 Å². The van der Waals surface area contributed by atoms with Gasteiger partial charge in [0.05, 0.1) is 19.3 Å². The molecule has 0 saturated carbocycles. The quantitative estimate of drug-likeness (QED) is 0.763. The van der Waals surface area contributed by atoms with Gasteiger partial charge in [0.25, 0.3) is 0 Å². The van der Waals surface area contributed by atoms with E-state index >= 15 is 0 Å². The first kappa shape index (κ1) is 17.3. The zero-order valence-electron chi connectivity index (χ0n) is 14.4. The maximum atomic E-state index is 8.57. The Labute approximate surface area is 149 Å². The first-order valence-corrected chi connectivity index (χ1v) is 8.90. The third-order valence-electron chi connectivity index (χ3n) is 4.34. The van der Waals surface area contributed by atoms with Crippen LogP contribution in [0.1, 0.15) is 42.9 Å². The van der Waals surface area contributed by atoms with E-state index in [1.165, 1.54) is 11.1 Å². The van der Waals surface area contributed by atoms with Crippen LogP contribution in [0.15, 0.2) is 48.5 Å². The number of nitriles is 1. The molecule has 0 spiro atoms. The van der Waals surface area contributed by atoms with Crippen LogP contribution >= 0.6 is 0 Å². The number of nitrogens with one attached hydrogen (secondary N) is 1. The van der Waals surface area contributed by atoms with Gasteiger partial charge in [0.2, 0.25) is 0 Å². The minimum absolute atomic E-state index is 0.305. The van der Waals surface area contributed by atoms with Crippen LogP contribution in [-0.4, -0.2) is 13.2 Å². The Balaban J connectivity index is 1.59. The standard InChI is InChI=1S/C21H24N2O2/c22-12-3-4-13-24-18-8-5-7-17(15-18)16-23-20-10-6-14-25-21-11-2-1-9-19(20)21/h1-2,5,7-9,11,15,20,23H,3-4,6,10,13-14,16H2. The fourth-order valence-corrected chi connectivity index (χ4v) is 3.06. The van der Waals surface area contributed by atoms with E-state index in [-0.39, 0.29) is 0 Å². The predicted molar refractivity (Wildman–Crippen MR) is 97.5 cm³/mol. The Hall–Kier alpha value is -2.51.